The number of hydrogen-bond acceptors (Lipinski definition) is 3. The van der Waals surface area contributed by atoms with Gasteiger partial charge in [0.15, 0.2) is 0 Å². The van der Waals surface area contributed by atoms with E-state index in [0.29, 0.717) is 0 Å². The highest BCUT2D eigenvalue weighted by atomic mass is 16.3. The Hall–Kier alpha value is -8.15. The summed E-state index contributed by atoms with van der Waals surface area (Å²) in [5.41, 5.74) is 14.0. The van der Waals surface area contributed by atoms with Crippen LogP contribution in [-0.2, 0) is 0 Å². The maximum absolute atomic E-state index is 6.66. The molecular formula is C56H34N4O. The van der Waals surface area contributed by atoms with Gasteiger partial charge in [0.2, 0.25) is 0 Å². The molecule has 13 aromatic rings. The van der Waals surface area contributed by atoms with E-state index in [1.54, 1.807) is 0 Å². The van der Waals surface area contributed by atoms with Gasteiger partial charge in [-0.2, -0.15) is 0 Å². The summed E-state index contributed by atoms with van der Waals surface area (Å²) < 4.78 is 11.5. The van der Waals surface area contributed by atoms with E-state index in [9.17, 15) is 0 Å². The van der Waals surface area contributed by atoms with Gasteiger partial charge in [0, 0.05) is 43.7 Å². The first-order chi connectivity index (χ1) is 30.2. The normalized spacial score (nSPS) is 14.3. The average molecular weight is 779 g/mol. The van der Waals surface area contributed by atoms with E-state index >= 15 is 0 Å². The fourth-order valence-electron chi connectivity index (χ4n) is 10.4. The third-order valence-electron chi connectivity index (χ3n) is 13.1. The number of aromatic nitrogens is 2. The molecule has 1 unspecified atom stereocenters. The van der Waals surface area contributed by atoms with E-state index in [4.69, 9.17) is 9.41 Å². The third kappa shape index (κ3) is 4.63. The number of rotatable bonds is 4. The van der Waals surface area contributed by atoms with Crippen molar-refractivity contribution < 1.29 is 4.42 Å². The minimum atomic E-state index is -0.158. The molecule has 1 N–H and O–H groups in total. The Labute approximate surface area is 349 Å². The Kier molecular flexibility index (Phi) is 6.55. The van der Waals surface area contributed by atoms with E-state index in [1.165, 1.54) is 65.2 Å². The molecule has 61 heavy (non-hydrogen) atoms. The molecule has 0 fully saturated rings. The second kappa shape index (κ2) is 12.2. The van der Waals surface area contributed by atoms with Gasteiger partial charge < -0.3 is 18.9 Å². The fraction of sp³-hybridized carbons (Fsp3) is 0.0179. The maximum Gasteiger partial charge on any atom is 0.135 e. The summed E-state index contributed by atoms with van der Waals surface area (Å²) in [7, 11) is 0. The number of aliphatic imine (C=N–C) groups is 1. The van der Waals surface area contributed by atoms with Crippen molar-refractivity contribution in [3.63, 3.8) is 0 Å². The van der Waals surface area contributed by atoms with Crippen LogP contribution in [0, 0.1) is 0 Å². The van der Waals surface area contributed by atoms with Crippen LogP contribution in [0.2, 0.25) is 0 Å². The quantitative estimate of drug-likeness (QED) is 0.193. The van der Waals surface area contributed by atoms with Crippen molar-refractivity contribution in [1.82, 2.24) is 9.13 Å². The van der Waals surface area contributed by atoms with Crippen LogP contribution in [0.15, 0.2) is 204 Å². The van der Waals surface area contributed by atoms with Crippen LogP contribution in [0.25, 0.3) is 98.5 Å². The van der Waals surface area contributed by atoms with E-state index in [-0.39, 0.29) is 6.04 Å². The minimum Gasteiger partial charge on any atom is -0.456 e. The van der Waals surface area contributed by atoms with Crippen LogP contribution in [0.3, 0.4) is 0 Å². The lowest BCUT2D eigenvalue weighted by molar-refractivity contribution is 0.664. The van der Waals surface area contributed by atoms with Gasteiger partial charge in [-0.3, -0.25) is 0 Å². The van der Waals surface area contributed by atoms with Crippen molar-refractivity contribution in [2.45, 2.75) is 6.04 Å². The molecule has 3 aromatic heterocycles. The van der Waals surface area contributed by atoms with Crippen LogP contribution >= 0.6 is 0 Å². The Morgan fingerprint density at radius 1 is 0.426 bits per heavy atom. The summed E-state index contributed by atoms with van der Waals surface area (Å²) in [5, 5.41) is 15.9. The van der Waals surface area contributed by atoms with Crippen molar-refractivity contribution in [2.24, 2.45) is 4.99 Å². The highest BCUT2D eigenvalue weighted by Crippen LogP contribution is 2.45. The van der Waals surface area contributed by atoms with Crippen LogP contribution in [-0.4, -0.2) is 14.8 Å². The molecule has 1 aliphatic rings. The van der Waals surface area contributed by atoms with Gasteiger partial charge in [-0.25, -0.2) is 4.99 Å². The number of anilines is 1. The van der Waals surface area contributed by atoms with Crippen molar-refractivity contribution in [3.05, 3.63) is 205 Å². The summed E-state index contributed by atoms with van der Waals surface area (Å²) in [6.45, 7) is 0. The van der Waals surface area contributed by atoms with Gasteiger partial charge in [-0.1, -0.05) is 109 Å². The third-order valence-corrected chi connectivity index (χ3v) is 13.1. The first-order valence-corrected chi connectivity index (χ1v) is 20.9. The van der Waals surface area contributed by atoms with Gasteiger partial charge >= 0.3 is 0 Å². The zero-order valence-electron chi connectivity index (χ0n) is 32.8. The molecule has 284 valence electrons. The molecule has 0 saturated heterocycles. The Morgan fingerprint density at radius 3 is 1.87 bits per heavy atom. The molecule has 0 radical (unpaired) electrons. The van der Waals surface area contributed by atoms with E-state index in [1.807, 2.05) is 0 Å². The zero-order valence-corrected chi connectivity index (χ0v) is 32.8. The van der Waals surface area contributed by atoms with E-state index in [0.717, 1.165) is 61.5 Å². The molecule has 5 nitrogen and oxygen atoms in total. The molecule has 1 atom stereocenters. The number of fused-ring (bicyclic) bond motifs is 5. The second-order valence-corrected chi connectivity index (χ2v) is 16.4. The second-order valence-electron chi connectivity index (χ2n) is 16.4. The summed E-state index contributed by atoms with van der Waals surface area (Å²) in [5.74, 6) is 0. The SMILES string of the molecule is c1ccc(-n2c3ccccc3c3cc(C4=Nc5ccccc5NC4c4ccc5cc(-n6c7ccc8cccc9oc%10cccc%11ccc6c(c%11%10)c7c89)ccc5c4)ccc32)cc1. The molecule has 0 spiro atoms. The minimum absolute atomic E-state index is 0.158. The molecule has 0 saturated carbocycles. The van der Waals surface area contributed by atoms with Gasteiger partial charge in [-0.15, -0.1) is 0 Å². The molecule has 4 heterocycles. The number of benzene rings is 10. The van der Waals surface area contributed by atoms with E-state index < -0.39 is 0 Å². The molecule has 0 bridgehead atoms. The molecule has 10 aromatic carbocycles. The smallest absolute Gasteiger partial charge is 0.135 e. The van der Waals surface area contributed by atoms with Gasteiger partial charge in [0.1, 0.15) is 11.2 Å². The summed E-state index contributed by atoms with van der Waals surface area (Å²) in [4.78, 5) is 5.40. The Morgan fingerprint density at radius 2 is 1.07 bits per heavy atom. The van der Waals surface area contributed by atoms with Crippen LogP contribution < -0.4 is 5.32 Å². The first kappa shape index (κ1) is 32.8. The predicted molar refractivity (Wildman–Crippen MR) is 254 cm³/mol. The molecular weight excluding hydrogens is 745 g/mol. The monoisotopic (exact) mass is 778 g/mol. The van der Waals surface area contributed by atoms with Crippen molar-refractivity contribution >= 4 is 104 Å². The molecule has 0 amide bonds. The standard InChI is InChI=1S/C56H34N4O/c1-2-12-39(13-3-1)59-45-17-7-4-14-41(45)42-32-38(25-27-46(42)59)56-55(57-43-15-5-6-16-44(43)58-56)37-21-20-36-31-40(26-22-35(36)30-37)60-47-28-23-33-10-8-18-49-51(33)53(47)54-48(60)29-24-34-11-9-19-50(61-49)52(34)54/h1-32,55,57H. The van der Waals surface area contributed by atoms with Crippen molar-refractivity contribution in [1.29, 1.82) is 0 Å². The molecule has 0 aliphatic carbocycles. The maximum atomic E-state index is 6.66. The lowest BCUT2D eigenvalue weighted by Crippen LogP contribution is -2.25. The van der Waals surface area contributed by atoms with Gasteiger partial charge in [0.05, 0.1) is 45.2 Å². The van der Waals surface area contributed by atoms with Crippen LogP contribution in [0.1, 0.15) is 17.2 Å². The van der Waals surface area contributed by atoms with Crippen molar-refractivity contribution in [2.75, 3.05) is 5.32 Å². The lowest BCUT2D eigenvalue weighted by Gasteiger charge is -2.28. The highest BCUT2D eigenvalue weighted by molar-refractivity contribution is 6.33. The van der Waals surface area contributed by atoms with Crippen LogP contribution in [0.4, 0.5) is 11.4 Å². The largest absolute Gasteiger partial charge is 0.456 e. The number of para-hydroxylation sites is 4. The van der Waals surface area contributed by atoms with Gasteiger partial charge in [-0.05, 0) is 118 Å². The van der Waals surface area contributed by atoms with Crippen molar-refractivity contribution in [3.8, 4) is 11.4 Å². The molecule has 1 aliphatic heterocycles. The van der Waals surface area contributed by atoms with E-state index in [2.05, 4.69) is 209 Å². The lowest BCUT2D eigenvalue weighted by atomic mass is 9.92. The fourth-order valence-corrected chi connectivity index (χ4v) is 10.4. The summed E-state index contributed by atoms with van der Waals surface area (Å²) in [6.07, 6.45) is 0. The number of nitrogens with zero attached hydrogens (tertiary/aromatic N) is 3. The first-order valence-electron chi connectivity index (χ1n) is 20.9. The van der Waals surface area contributed by atoms with Gasteiger partial charge in [0.25, 0.3) is 0 Å². The molecule has 14 rings (SSSR count). The average Bonchev–Trinajstić information content (AvgIpc) is 3.78. The summed E-state index contributed by atoms with van der Waals surface area (Å²) in [6, 6.07) is 69.9. The number of nitrogens with one attached hydrogen (secondary N) is 1. The molecule has 5 heteroatoms. The Bertz CT molecular complexity index is 3880. The highest BCUT2D eigenvalue weighted by Gasteiger charge is 2.27. The Balaban J connectivity index is 0.922. The summed E-state index contributed by atoms with van der Waals surface area (Å²) >= 11 is 0. The zero-order chi connectivity index (χ0) is 39.8. The predicted octanol–water partition coefficient (Wildman–Crippen LogP) is 14.8. The number of hydrogen-bond donors (Lipinski definition) is 1. The topological polar surface area (TPSA) is 47.4 Å². The van der Waals surface area contributed by atoms with Crippen LogP contribution in [0.5, 0.6) is 0 Å².